The van der Waals surface area contributed by atoms with E-state index in [2.05, 4.69) is 32.9 Å². The lowest BCUT2D eigenvalue weighted by Gasteiger charge is -2.33. The maximum Gasteiger partial charge on any atom is 0.318 e. The van der Waals surface area contributed by atoms with Crippen LogP contribution in [0.25, 0.3) is 22.3 Å². The van der Waals surface area contributed by atoms with Gasteiger partial charge in [0.2, 0.25) is 0 Å². The molecule has 0 fully saturated rings. The smallest absolute Gasteiger partial charge is 0.318 e. The number of cyclic esters (lactones) is 1. The zero-order chi connectivity index (χ0) is 30.6. The Morgan fingerprint density at radius 2 is 1.79 bits per heavy atom. The zero-order valence-electron chi connectivity index (χ0n) is 25.7. The molecule has 2 atom stereocenters. The molecule has 0 radical (unpaired) electrons. The van der Waals surface area contributed by atoms with E-state index in [1.807, 2.05) is 51.1 Å². The molecule has 222 valence electrons. The van der Waals surface area contributed by atoms with Gasteiger partial charge in [-0.3, -0.25) is 14.4 Å². The number of pyridine rings is 2. The predicted molar refractivity (Wildman–Crippen MR) is 166 cm³/mol. The molecule has 7 heteroatoms. The van der Waals surface area contributed by atoms with Crippen molar-refractivity contribution in [2.24, 2.45) is 5.92 Å². The molecule has 0 bridgehead atoms. The number of aromatic nitrogens is 2. The Morgan fingerprint density at radius 1 is 1.05 bits per heavy atom. The van der Waals surface area contributed by atoms with Gasteiger partial charge in [0.15, 0.2) is 0 Å². The van der Waals surface area contributed by atoms with Gasteiger partial charge in [0.05, 0.1) is 40.3 Å². The van der Waals surface area contributed by atoms with Crippen molar-refractivity contribution in [3.05, 3.63) is 92.3 Å². The van der Waals surface area contributed by atoms with Gasteiger partial charge in [0.1, 0.15) is 12.4 Å². The minimum atomic E-state index is -0.873. The lowest BCUT2D eigenvalue weighted by molar-refractivity contribution is -0.153. The van der Waals surface area contributed by atoms with E-state index >= 15 is 0 Å². The summed E-state index contributed by atoms with van der Waals surface area (Å²) < 4.78 is 13.1. The van der Waals surface area contributed by atoms with Crippen LogP contribution in [0.3, 0.4) is 0 Å². The minimum absolute atomic E-state index is 0.00943. The lowest BCUT2D eigenvalue weighted by atomic mass is 9.76. The van der Waals surface area contributed by atoms with Gasteiger partial charge in [-0.05, 0) is 85.5 Å². The first-order chi connectivity index (χ1) is 20.5. The Balaban J connectivity index is 1.34. The van der Waals surface area contributed by atoms with E-state index in [1.165, 1.54) is 5.56 Å². The predicted octanol–water partition coefficient (Wildman–Crippen LogP) is 6.62. The van der Waals surface area contributed by atoms with Crippen LogP contribution < -0.4 is 10.3 Å². The summed E-state index contributed by atoms with van der Waals surface area (Å²) in [6.45, 7) is 12.5. The number of carbonyl (C=O) groups excluding carboxylic acids is 2. The fraction of sp³-hybridized carbons (Fsp3) is 0.389. The van der Waals surface area contributed by atoms with Gasteiger partial charge in [0.25, 0.3) is 5.56 Å². The van der Waals surface area contributed by atoms with Crippen LogP contribution >= 0.6 is 0 Å². The third kappa shape index (κ3) is 4.75. The number of rotatable bonds is 7. The van der Waals surface area contributed by atoms with E-state index < -0.39 is 11.3 Å². The summed E-state index contributed by atoms with van der Waals surface area (Å²) in [5.74, 6) is 0.00981. The number of fused-ring (bicyclic) bond motifs is 5. The van der Waals surface area contributed by atoms with Crippen molar-refractivity contribution in [2.75, 3.05) is 0 Å². The lowest BCUT2D eigenvalue weighted by Crippen LogP contribution is -2.42. The first kappa shape index (κ1) is 28.8. The first-order valence-corrected chi connectivity index (χ1v) is 15.3. The van der Waals surface area contributed by atoms with Crippen LogP contribution in [0.2, 0.25) is 0 Å². The molecular formula is C36H38N2O5. The molecule has 0 saturated carbocycles. The van der Waals surface area contributed by atoms with Gasteiger partial charge in [-0.1, -0.05) is 52.0 Å². The van der Waals surface area contributed by atoms with E-state index in [-0.39, 0.29) is 24.1 Å². The van der Waals surface area contributed by atoms with Crippen molar-refractivity contribution in [1.82, 2.24) is 9.55 Å². The maximum absolute atomic E-state index is 13.7. The van der Waals surface area contributed by atoms with Crippen molar-refractivity contribution in [3.8, 4) is 17.1 Å². The molecule has 4 aromatic rings. The van der Waals surface area contributed by atoms with Gasteiger partial charge in [0, 0.05) is 10.9 Å². The Morgan fingerprint density at radius 3 is 2.47 bits per heavy atom. The second-order valence-electron chi connectivity index (χ2n) is 12.5. The van der Waals surface area contributed by atoms with E-state index in [4.69, 9.17) is 14.5 Å². The molecule has 2 aliphatic heterocycles. The molecule has 0 aliphatic carbocycles. The summed E-state index contributed by atoms with van der Waals surface area (Å²) in [4.78, 5) is 44.6. The molecule has 2 aromatic heterocycles. The van der Waals surface area contributed by atoms with Gasteiger partial charge in [-0.25, -0.2) is 4.98 Å². The van der Waals surface area contributed by atoms with Gasteiger partial charge < -0.3 is 14.0 Å². The van der Waals surface area contributed by atoms with Crippen LogP contribution in [-0.2, 0) is 45.7 Å². The van der Waals surface area contributed by atoms with Crippen molar-refractivity contribution in [3.63, 3.8) is 0 Å². The Hall–Kier alpha value is -4.26. The van der Waals surface area contributed by atoms with E-state index in [0.717, 1.165) is 51.0 Å². The fourth-order valence-corrected chi connectivity index (χ4v) is 6.53. The number of hydrogen-bond acceptors (Lipinski definition) is 6. The molecule has 2 aliphatic rings. The van der Waals surface area contributed by atoms with Crippen molar-refractivity contribution < 1.29 is 19.1 Å². The van der Waals surface area contributed by atoms with Crippen LogP contribution in [0.15, 0.2) is 53.3 Å². The molecule has 0 amide bonds. The number of aryl methyl sites for hydroxylation is 1. The number of ether oxygens (including phenoxy) is 2. The molecule has 2 aromatic carbocycles. The highest BCUT2D eigenvalue weighted by Crippen LogP contribution is 2.41. The molecular weight excluding hydrogens is 540 g/mol. The van der Waals surface area contributed by atoms with Crippen LogP contribution in [-0.4, -0.2) is 21.5 Å². The molecule has 7 nitrogen and oxygen atoms in total. The number of hydrogen-bond donors (Lipinski definition) is 0. The van der Waals surface area contributed by atoms with Gasteiger partial charge in [-0.2, -0.15) is 0 Å². The van der Waals surface area contributed by atoms with Gasteiger partial charge >= 0.3 is 11.9 Å². The SMILES string of the molecule is CCc1c2c(nc3ccc(OC(=O)C(C)c4ccc(CC(C)C)cc4)cc13)-c1cc3c(c(=O)n1C2)COC(=O)[C@]3(C)CC. The normalized spacial score (nSPS) is 17.8. The Bertz CT molecular complexity index is 1840. The highest BCUT2D eigenvalue weighted by Gasteiger charge is 2.43. The third-order valence-corrected chi connectivity index (χ3v) is 9.28. The molecule has 0 saturated heterocycles. The van der Waals surface area contributed by atoms with Crippen molar-refractivity contribution in [2.45, 2.75) is 85.3 Å². The highest BCUT2D eigenvalue weighted by molar-refractivity contribution is 5.91. The molecule has 43 heavy (non-hydrogen) atoms. The van der Waals surface area contributed by atoms with Crippen LogP contribution in [0.1, 0.15) is 87.3 Å². The third-order valence-electron chi connectivity index (χ3n) is 9.28. The fourth-order valence-electron chi connectivity index (χ4n) is 6.53. The second-order valence-corrected chi connectivity index (χ2v) is 12.5. The first-order valence-electron chi connectivity index (χ1n) is 15.3. The quantitative estimate of drug-likeness (QED) is 0.159. The minimum Gasteiger partial charge on any atom is -0.460 e. The summed E-state index contributed by atoms with van der Waals surface area (Å²) >= 11 is 0. The monoisotopic (exact) mass is 578 g/mol. The number of benzene rings is 2. The molecule has 0 spiro atoms. The standard InChI is InChI=1S/C36H38N2O5/c1-7-25-26-16-24(43-34(40)21(5)23-11-9-22(10-12-23)15-20(3)4)13-14-30(26)37-32-27(25)18-38-31(32)17-29-28(33(38)39)19-42-35(41)36(29,6)8-2/h9-14,16-17,20-21H,7-8,15,18-19H2,1-6H3/t21?,36-/m1/s1. The highest BCUT2D eigenvalue weighted by atomic mass is 16.5. The number of esters is 2. The van der Waals surface area contributed by atoms with Crippen LogP contribution in [0.5, 0.6) is 5.75 Å². The van der Waals surface area contributed by atoms with Gasteiger partial charge in [-0.15, -0.1) is 0 Å². The molecule has 0 N–H and O–H groups in total. The summed E-state index contributed by atoms with van der Waals surface area (Å²) in [6.07, 6.45) is 2.25. The molecule has 6 rings (SSSR count). The summed E-state index contributed by atoms with van der Waals surface area (Å²) in [7, 11) is 0. The van der Waals surface area contributed by atoms with E-state index in [9.17, 15) is 14.4 Å². The summed E-state index contributed by atoms with van der Waals surface area (Å²) in [5, 5.41) is 0.903. The molecule has 1 unspecified atom stereocenters. The Labute approximate surface area is 251 Å². The van der Waals surface area contributed by atoms with Crippen molar-refractivity contribution >= 4 is 22.8 Å². The Kier molecular flexibility index (Phi) is 7.23. The van der Waals surface area contributed by atoms with Crippen LogP contribution in [0.4, 0.5) is 0 Å². The average Bonchev–Trinajstić information content (AvgIpc) is 3.36. The van der Waals surface area contributed by atoms with Crippen molar-refractivity contribution in [1.29, 1.82) is 0 Å². The van der Waals surface area contributed by atoms with E-state index in [1.54, 1.807) is 10.6 Å². The topological polar surface area (TPSA) is 87.5 Å². The second kappa shape index (κ2) is 10.8. The zero-order valence-corrected chi connectivity index (χ0v) is 25.7. The number of nitrogens with zero attached hydrogens (tertiary/aromatic N) is 2. The molecule has 4 heterocycles. The summed E-state index contributed by atoms with van der Waals surface area (Å²) in [5.41, 5.74) is 6.76. The van der Waals surface area contributed by atoms with Crippen LogP contribution in [0, 0.1) is 5.92 Å². The average molecular weight is 579 g/mol. The summed E-state index contributed by atoms with van der Waals surface area (Å²) in [6, 6.07) is 15.7. The number of carbonyl (C=O) groups is 2. The maximum atomic E-state index is 13.7. The largest absolute Gasteiger partial charge is 0.460 e. The van der Waals surface area contributed by atoms with E-state index in [0.29, 0.717) is 36.6 Å².